The lowest BCUT2D eigenvalue weighted by Crippen LogP contribution is -2.21. The Morgan fingerprint density at radius 1 is 1.11 bits per heavy atom. The summed E-state index contributed by atoms with van der Waals surface area (Å²) in [4.78, 5) is 23.9. The number of anilines is 1. The molecular formula is C22H28N2O3. The van der Waals surface area contributed by atoms with Crippen LogP contribution in [0.2, 0.25) is 0 Å². The Balaban J connectivity index is 2.05. The predicted octanol–water partition coefficient (Wildman–Crippen LogP) is 3.95. The van der Waals surface area contributed by atoms with Crippen molar-refractivity contribution in [3.63, 3.8) is 0 Å². The zero-order valence-electron chi connectivity index (χ0n) is 16.6. The fourth-order valence-electron chi connectivity index (χ4n) is 3.65. The lowest BCUT2D eigenvalue weighted by atomic mass is 9.93. The van der Waals surface area contributed by atoms with E-state index >= 15 is 0 Å². The largest absolute Gasteiger partial charge is 0.374 e. The third kappa shape index (κ3) is 4.14. The molecule has 1 aromatic carbocycles. The van der Waals surface area contributed by atoms with E-state index in [1.165, 1.54) is 0 Å². The van der Waals surface area contributed by atoms with Gasteiger partial charge in [-0.15, -0.1) is 0 Å². The summed E-state index contributed by atoms with van der Waals surface area (Å²) in [5, 5.41) is 3.00. The van der Waals surface area contributed by atoms with E-state index in [2.05, 4.69) is 25.2 Å². The molecule has 1 aliphatic rings. The van der Waals surface area contributed by atoms with Gasteiger partial charge in [-0.2, -0.15) is 0 Å². The van der Waals surface area contributed by atoms with E-state index in [0.717, 1.165) is 47.2 Å². The Bertz CT molecular complexity index is 884. The molecule has 0 atom stereocenters. The average Bonchev–Trinajstić information content (AvgIpc) is 2.65. The second kappa shape index (κ2) is 8.09. The van der Waals surface area contributed by atoms with Crippen LogP contribution in [-0.2, 0) is 29.6 Å². The van der Waals surface area contributed by atoms with Crippen LogP contribution in [0.15, 0.2) is 29.2 Å². The number of hydrogen-bond acceptors (Lipinski definition) is 3. The van der Waals surface area contributed by atoms with E-state index < -0.39 is 0 Å². The maximum atomic E-state index is 12.0. The lowest BCUT2D eigenvalue weighted by molar-refractivity contribution is -0.116. The molecule has 1 aromatic heterocycles. The fourth-order valence-corrected chi connectivity index (χ4v) is 3.65. The number of fused-ring (bicyclic) bond motifs is 1. The SMILES string of the molecule is CCC(CC)OCc1cc(-c2cc(C)c(=O)n(C)c2)cc2c1CCC(=O)N2. The summed E-state index contributed by atoms with van der Waals surface area (Å²) in [7, 11) is 1.76. The lowest BCUT2D eigenvalue weighted by Gasteiger charge is -2.23. The molecular weight excluding hydrogens is 340 g/mol. The molecule has 2 heterocycles. The first-order chi connectivity index (χ1) is 12.9. The molecule has 0 bridgehead atoms. The van der Waals surface area contributed by atoms with Gasteiger partial charge < -0.3 is 14.6 Å². The van der Waals surface area contributed by atoms with Gasteiger partial charge in [0, 0.05) is 30.9 Å². The van der Waals surface area contributed by atoms with E-state index in [1.54, 1.807) is 11.6 Å². The van der Waals surface area contributed by atoms with Gasteiger partial charge in [-0.3, -0.25) is 9.59 Å². The molecule has 3 rings (SSSR count). The van der Waals surface area contributed by atoms with Gasteiger partial charge in [0.25, 0.3) is 5.56 Å². The van der Waals surface area contributed by atoms with Crippen LogP contribution in [0.3, 0.4) is 0 Å². The van der Waals surface area contributed by atoms with Crippen molar-refractivity contribution in [2.45, 2.75) is 59.2 Å². The Morgan fingerprint density at radius 3 is 2.52 bits per heavy atom. The Hall–Kier alpha value is -2.40. The number of amides is 1. The van der Waals surface area contributed by atoms with Crippen molar-refractivity contribution < 1.29 is 9.53 Å². The Labute approximate surface area is 160 Å². The number of aryl methyl sites for hydroxylation is 2. The topological polar surface area (TPSA) is 60.3 Å². The summed E-state index contributed by atoms with van der Waals surface area (Å²) in [6, 6.07) is 6.05. The van der Waals surface area contributed by atoms with Gasteiger partial charge in [0.05, 0.1) is 12.7 Å². The summed E-state index contributed by atoms with van der Waals surface area (Å²) >= 11 is 0. The molecule has 27 heavy (non-hydrogen) atoms. The molecule has 144 valence electrons. The average molecular weight is 368 g/mol. The van der Waals surface area contributed by atoms with Crippen LogP contribution < -0.4 is 10.9 Å². The summed E-state index contributed by atoms with van der Waals surface area (Å²) in [5.41, 5.74) is 5.78. The minimum atomic E-state index is 0.00213. The van der Waals surface area contributed by atoms with Crippen molar-refractivity contribution in [1.29, 1.82) is 0 Å². The number of aromatic nitrogens is 1. The molecule has 1 amide bonds. The number of nitrogens with zero attached hydrogens (tertiary/aromatic N) is 1. The van der Waals surface area contributed by atoms with E-state index in [1.807, 2.05) is 25.3 Å². The summed E-state index contributed by atoms with van der Waals surface area (Å²) in [6.45, 7) is 6.62. The number of hydrogen-bond donors (Lipinski definition) is 1. The van der Waals surface area contributed by atoms with Crippen LogP contribution in [0, 0.1) is 6.92 Å². The van der Waals surface area contributed by atoms with Crippen LogP contribution in [0.1, 0.15) is 49.8 Å². The van der Waals surface area contributed by atoms with Gasteiger partial charge in [0.15, 0.2) is 0 Å². The highest BCUT2D eigenvalue weighted by atomic mass is 16.5. The third-order valence-corrected chi connectivity index (χ3v) is 5.30. The monoisotopic (exact) mass is 368 g/mol. The zero-order chi connectivity index (χ0) is 19.6. The van der Waals surface area contributed by atoms with Crippen molar-refractivity contribution in [2.24, 2.45) is 7.05 Å². The highest BCUT2D eigenvalue weighted by molar-refractivity contribution is 5.95. The van der Waals surface area contributed by atoms with Crippen molar-refractivity contribution >= 4 is 11.6 Å². The van der Waals surface area contributed by atoms with Crippen molar-refractivity contribution in [1.82, 2.24) is 4.57 Å². The van der Waals surface area contributed by atoms with E-state index in [-0.39, 0.29) is 17.6 Å². The van der Waals surface area contributed by atoms with Gasteiger partial charge in [-0.1, -0.05) is 13.8 Å². The first kappa shape index (κ1) is 19.4. The van der Waals surface area contributed by atoms with E-state index in [9.17, 15) is 9.59 Å². The minimum Gasteiger partial charge on any atom is -0.374 e. The number of carbonyl (C=O) groups excluding carboxylic acids is 1. The molecule has 5 heteroatoms. The first-order valence-corrected chi connectivity index (χ1v) is 9.67. The highest BCUT2D eigenvalue weighted by Gasteiger charge is 2.20. The molecule has 1 aliphatic heterocycles. The number of ether oxygens (including phenoxy) is 1. The Kier molecular flexibility index (Phi) is 5.80. The molecule has 0 fully saturated rings. The summed E-state index contributed by atoms with van der Waals surface area (Å²) in [5.74, 6) is 0.0446. The molecule has 0 saturated carbocycles. The molecule has 0 radical (unpaired) electrons. The minimum absolute atomic E-state index is 0.00213. The van der Waals surface area contributed by atoms with Gasteiger partial charge in [-0.05, 0) is 66.6 Å². The van der Waals surface area contributed by atoms with E-state index in [0.29, 0.717) is 18.6 Å². The number of benzene rings is 1. The van der Waals surface area contributed by atoms with Crippen molar-refractivity contribution in [3.8, 4) is 11.1 Å². The number of pyridine rings is 1. The normalized spacial score (nSPS) is 13.6. The van der Waals surface area contributed by atoms with Gasteiger partial charge in [0.2, 0.25) is 5.91 Å². The fraction of sp³-hybridized carbons (Fsp3) is 0.455. The predicted molar refractivity (Wildman–Crippen MR) is 108 cm³/mol. The number of carbonyl (C=O) groups is 1. The van der Waals surface area contributed by atoms with Gasteiger partial charge in [0.1, 0.15) is 0 Å². The number of nitrogens with one attached hydrogen (secondary N) is 1. The van der Waals surface area contributed by atoms with Crippen molar-refractivity contribution in [3.05, 3.63) is 51.4 Å². The quantitative estimate of drug-likeness (QED) is 0.840. The standard InChI is InChI=1S/C22H28N2O3/c1-5-18(6-2)27-13-17-10-15(11-20-19(17)7-8-21(25)23-20)16-9-14(3)22(26)24(4)12-16/h9-12,18H,5-8,13H2,1-4H3,(H,23,25). The summed E-state index contributed by atoms with van der Waals surface area (Å²) in [6.07, 6.45) is 5.28. The Morgan fingerprint density at radius 2 is 1.85 bits per heavy atom. The summed E-state index contributed by atoms with van der Waals surface area (Å²) < 4.78 is 7.71. The van der Waals surface area contributed by atoms with Crippen molar-refractivity contribution in [2.75, 3.05) is 5.32 Å². The second-order valence-electron chi connectivity index (χ2n) is 7.29. The molecule has 2 aromatic rings. The van der Waals surface area contributed by atoms with Crippen LogP contribution in [0.25, 0.3) is 11.1 Å². The van der Waals surface area contributed by atoms with Gasteiger partial charge in [-0.25, -0.2) is 0 Å². The van der Waals surface area contributed by atoms with E-state index in [4.69, 9.17) is 4.74 Å². The van der Waals surface area contributed by atoms with Crippen LogP contribution in [0.4, 0.5) is 5.69 Å². The number of rotatable bonds is 6. The maximum absolute atomic E-state index is 12.0. The molecule has 0 aliphatic carbocycles. The highest BCUT2D eigenvalue weighted by Crippen LogP contribution is 2.33. The maximum Gasteiger partial charge on any atom is 0.253 e. The molecule has 5 nitrogen and oxygen atoms in total. The van der Waals surface area contributed by atoms with Crippen LogP contribution in [0.5, 0.6) is 0 Å². The van der Waals surface area contributed by atoms with Crippen LogP contribution in [-0.4, -0.2) is 16.6 Å². The molecule has 0 saturated heterocycles. The third-order valence-electron chi connectivity index (χ3n) is 5.30. The molecule has 1 N–H and O–H groups in total. The molecule has 0 spiro atoms. The van der Waals surface area contributed by atoms with Gasteiger partial charge >= 0.3 is 0 Å². The van der Waals surface area contributed by atoms with Crippen LogP contribution >= 0.6 is 0 Å². The first-order valence-electron chi connectivity index (χ1n) is 9.67. The zero-order valence-corrected chi connectivity index (χ0v) is 16.6. The smallest absolute Gasteiger partial charge is 0.253 e. The second-order valence-corrected chi connectivity index (χ2v) is 7.29. The molecule has 0 unspecified atom stereocenters.